The van der Waals surface area contributed by atoms with Gasteiger partial charge in [0.2, 0.25) is 0 Å². The van der Waals surface area contributed by atoms with Crippen LogP contribution in [0.4, 0.5) is 0 Å². The second-order valence-corrected chi connectivity index (χ2v) is 6.35. The Balaban J connectivity index is 1.79. The summed E-state index contributed by atoms with van der Waals surface area (Å²) in [5.41, 5.74) is 2.88. The highest BCUT2D eigenvalue weighted by molar-refractivity contribution is 5.94. The lowest BCUT2D eigenvalue weighted by molar-refractivity contribution is 0.0717. The minimum Gasteiger partial charge on any atom is -0.490 e. The van der Waals surface area contributed by atoms with Crippen molar-refractivity contribution in [1.82, 2.24) is 4.90 Å². The van der Waals surface area contributed by atoms with E-state index < -0.39 is 0 Å². The second kappa shape index (κ2) is 8.90. The molecule has 4 heteroatoms. The maximum atomic E-state index is 13.1. The number of hydrogen-bond donors (Lipinski definition) is 0. The molecular weight excluding hydrogens is 338 g/mol. The molecule has 0 saturated heterocycles. The molecule has 0 bridgehead atoms. The zero-order chi connectivity index (χ0) is 19.1. The largest absolute Gasteiger partial charge is 0.490 e. The van der Waals surface area contributed by atoms with Gasteiger partial charge in [0.25, 0.3) is 5.91 Å². The molecule has 0 aliphatic rings. The molecule has 0 radical (unpaired) electrons. The lowest BCUT2D eigenvalue weighted by Gasteiger charge is -2.22. The van der Waals surface area contributed by atoms with Crippen molar-refractivity contribution in [3.05, 3.63) is 102 Å². The third-order valence-electron chi connectivity index (χ3n) is 4.18. The molecule has 0 N–H and O–H groups in total. The Morgan fingerprint density at radius 2 is 1.81 bits per heavy atom. The van der Waals surface area contributed by atoms with Crippen LogP contribution < -0.4 is 4.74 Å². The van der Waals surface area contributed by atoms with Gasteiger partial charge in [0.1, 0.15) is 18.1 Å². The molecule has 0 saturated carbocycles. The highest BCUT2D eigenvalue weighted by Crippen LogP contribution is 2.18. The molecule has 3 aromatic rings. The Bertz CT molecular complexity index is 865. The van der Waals surface area contributed by atoms with E-state index in [0.717, 1.165) is 11.3 Å². The van der Waals surface area contributed by atoms with Crippen LogP contribution in [-0.4, -0.2) is 17.4 Å². The summed E-state index contributed by atoms with van der Waals surface area (Å²) in [6, 6.07) is 19.1. The van der Waals surface area contributed by atoms with Crippen LogP contribution in [0.2, 0.25) is 0 Å². The Labute approximate surface area is 159 Å². The Kier molecular flexibility index (Phi) is 6.10. The fourth-order valence-corrected chi connectivity index (χ4v) is 2.74. The minimum atomic E-state index is -0.0535. The molecule has 1 amide bonds. The van der Waals surface area contributed by atoms with E-state index in [1.165, 1.54) is 5.56 Å². The number of carbonyl (C=O) groups is 1. The lowest BCUT2D eigenvalue weighted by atomic mass is 10.1. The minimum absolute atomic E-state index is 0.0535. The first kappa shape index (κ1) is 18.5. The van der Waals surface area contributed by atoms with Crippen LogP contribution in [0.5, 0.6) is 5.75 Å². The van der Waals surface area contributed by atoms with Crippen molar-refractivity contribution in [3.63, 3.8) is 0 Å². The van der Waals surface area contributed by atoms with Gasteiger partial charge in [-0.1, -0.05) is 42.5 Å². The Morgan fingerprint density at radius 3 is 2.44 bits per heavy atom. The highest BCUT2D eigenvalue weighted by atomic mass is 16.5. The standard InChI is InChI=1S/C23H23NO3/c1-3-14-26-21-12-10-20(11-13-21)23(25)24(17-22-5-4-15-27-22)16-19-8-6-18(2)7-9-19/h3-13,15H,1,14,16-17H2,2H3. The zero-order valence-electron chi connectivity index (χ0n) is 15.4. The Hall–Kier alpha value is -3.27. The predicted molar refractivity (Wildman–Crippen MR) is 106 cm³/mol. The molecule has 2 aromatic carbocycles. The summed E-state index contributed by atoms with van der Waals surface area (Å²) in [7, 11) is 0. The SMILES string of the molecule is C=CCOc1ccc(C(=O)N(Cc2ccc(C)cc2)Cc2ccco2)cc1. The van der Waals surface area contributed by atoms with Crippen molar-refractivity contribution < 1.29 is 13.9 Å². The maximum Gasteiger partial charge on any atom is 0.254 e. The van der Waals surface area contributed by atoms with Gasteiger partial charge in [-0.05, 0) is 48.9 Å². The van der Waals surface area contributed by atoms with E-state index in [0.29, 0.717) is 31.0 Å². The highest BCUT2D eigenvalue weighted by Gasteiger charge is 2.18. The summed E-state index contributed by atoms with van der Waals surface area (Å²) in [4.78, 5) is 14.9. The first-order valence-corrected chi connectivity index (χ1v) is 8.86. The van der Waals surface area contributed by atoms with Crippen molar-refractivity contribution >= 4 is 5.91 Å². The molecule has 1 aromatic heterocycles. The zero-order valence-corrected chi connectivity index (χ0v) is 15.4. The van der Waals surface area contributed by atoms with Crippen LogP contribution in [-0.2, 0) is 13.1 Å². The Morgan fingerprint density at radius 1 is 1.07 bits per heavy atom. The topological polar surface area (TPSA) is 42.7 Å². The molecule has 3 rings (SSSR count). The van der Waals surface area contributed by atoms with Crippen LogP contribution >= 0.6 is 0 Å². The lowest BCUT2D eigenvalue weighted by Crippen LogP contribution is -2.30. The first-order valence-electron chi connectivity index (χ1n) is 8.86. The van der Waals surface area contributed by atoms with Gasteiger partial charge in [-0.3, -0.25) is 4.79 Å². The molecule has 0 fully saturated rings. The summed E-state index contributed by atoms with van der Waals surface area (Å²) in [6.07, 6.45) is 3.31. The van der Waals surface area contributed by atoms with Crippen LogP contribution in [0.1, 0.15) is 27.2 Å². The number of hydrogen-bond acceptors (Lipinski definition) is 3. The van der Waals surface area contributed by atoms with Crippen molar-refractivity contribution in [3.8, 4) is 5.75 Å². The van der Waals surface area contributed by atoms with E-state index in [2.05, 4.69) is 18.7 Å². The molecule has 0 aliphatic carbocycles. The van der Waals surface area contributed by atoms with Crippen molar-refractivity contribution in [2.45, 2.75) is 20.0 Å². The fourth-order valence-electron chi connectivity index (χ4n) is 2.74. The van der Waals surface area contributed by atoms with Gasteiger partial charge >= 0.3 is 0 Å². The van der Waals surface area contributed by atoms with Crippen molar-refractivity contribution in [2.24, 2.45) is 0 Å². The summed E-state index contributed by atoms with van der Waals surface area (Å²) in [5.74, 6) is 1.41. The van der Waals surface area contributed by atoms with E-state index >= 15 is 0 Å². The predicted octanol–water partition coefficient (Wildman–Crippen LogP) is 5.00. The van der Waals surface area contributed by atoms with Crippen LogP contribution in [0.3, 0.4) is 0 Å². The molecule has 27 heavy (non-hydrogen) atoms. The number of rotatable bonds is 8. The molecule has 0 aliphatic heterocycles. The van der Waals surface area contributed by atoms with Crippen LogP contribution in [0.25, 0.3) is 0 Å². The summed E-state index contributed by atoms with van der Waals surface area (Å²) in [5, 5.41) is 0. The average Bonchev–Trinajstić information content (AvgIpc) is 3.20. The normalized spacial score (nSPS) is 10.4. The van der Waals surface area contributed by atoms with Gasteiger partial charge in [-0.2, -0.15) is 0 Å². The fraction of sp³-hybridized carbons (Fsp3) is 0.174. The number of aryl methyl sites for hydroxylation is 1. The van der Waals surface area contributed by atoms with Gasteiger partial charge in [-0.15, -0.1) is 0 Å². The number of benzene rings is 2. The van der Waals surface area contributed by atoms with Crippen molar-refractivity contribution in [1.29, 1.82) is 0 Å². The molecule has 138 valence electrons. The van der Waals surface area contributed by atoms with Gasteiger partial charge in [0.05, 0.1) is 12.8 Å². The number of carbonyl (C=O) groups excluding carboxylic acids is 1. The molecular formula is C23H23NO3. The van der Waals surface area contributed by atoms with Gasteiger partial charge < -0.3 is 14.1 Å². The van der Waals surface area contributed by atoms with Gasteiger partial charge in [-0.25, -0.2) is 0 Å². The number of nitrogens with zero attached hydrogens (tertiary/aromatic N) is 1. The summed E-state index contributed by atoms with van der Waals surface area (Å²) in [6.45, 7) is 7.03. The molecule has 0 spiro atoms. The average molecular weight is 361 g/mol. The molecule has 1 heterocycles. The van der Waals surface area contributed by atoms with Crippen LogP contribution in [0.15, 0.2) is 84.0 Å². The molecule has 0 atom stereocenters. The monoisotopic (exact) mass is 361 g/mol. The van der Waals surface area contributed by atoms with Gasteiger partial charge in [0, 0.05) is 12.1 Å². The van der Waals surface area contributed by atoms with E-state index in [1.54, 1.807) is 41.5 Å². The summed E-state index contributed by atoms with van der Waals surface area (Å²) >= 11 is 0. The molecule has 0 unspecified atom stereocenters. The number of furan rings is 1. The second-order valence-electron chi connectivity index (χ2n) is 6.35. The summed E-state index contributed by atoms with van der Waals surface area (Å²) < 4.78 is 10.9. The maximum absolute atomic E-state index is 13.1. The first-order chi connectivity index (χ1) is 13.2. The van der Waals surface area contributed by atoms with Crippen LogP contribution in [0, 0.1) is 6.92 Å². The quantitative estimate of drug-likeness (QED) is 0.531. The van der Waals surface area contributed by atoms with E-state index in [1.807, 2.05) is 31.2 Å². The van der Waals surface area contributed by atoms with E-state index in [4.69, 9.17) is 9.15 Å². The number of ether oxygens (including phenoxy) is 1. The number of amides is 1. The molecule has 4 nitrogen and oxygen atoms in total. The van der Waals surface area contributed by atoms with E-state index in [9.17, 15) is 4.79 Å². The van der Waals surface area contributed by atoms with Crippen molar-refractivity contribution in [2.75, 3.05) is 6.61 Å². The van der Waals surface area contributed by atoms with E-state index in [-0.39, 0.29) is 5.91 Å². The third kappa shape index (κ3) is 5.11. The third-order valence-corrected chi connectivity index (χ3v) is 4.18. The smallest absolute Gasteiger partial charge is 0.254 e. The van der Waals surface area contributed by atoms with Gasteiger partial charge in [0.15, 0.2) is 0 Å².